The minimum atomic E-state index is 0.0711. The van der Waals surface area contributed by atoms with Gasteiger partial charge >= 0.3 is 0 Å². The number of benzene rings is 1. The number of anilines is 1. The van der Waals surface area contributed by atoms with Gasteiger partial charge in [0.25, 0.3) is 5.91 Å². The number of para-hydroxylation sites is 1. The molecule has 2 aliphatic heterocycles. The standard InChI is InChI=1S/C14H17N3O/c18-13-11-15-14(16-9-5-2-6-10-16)17(13)12-7-3-1-4-8-12/h1,3-4,7-8H,2,5-6,9-11H2. The summed E-state index contributed by atoms with van der Waals surface area (Å²) in [6, 6.07) is 9.79. The molecule has 2 aliphatic rings. The number of amides is 1. The minimum absolute atomic E-state index is 0.0711. The molecule has 0 bridgehead atoms. The van der Waals surface area contributed by atoms with Crippen molar-refractivity contribution in [2.24, 2.45) is 4.99 Å². The summed E-state index contributed by atoms with van der Waals surface area (Å²) in [5, 5.41) is 0. The summed E-state index contributed by atoms with van der Waals surface area (Å²) in [6.07, 6.45) is 3.66. The number of piperidine rings is 1. The van der Waals surface area contributed by atoms with E-state index in [1.807, 2.05) is 30.3 Å². The maximum absolute atomic E-state index is 12.0. The third kappa shape index (κ3) is 1.98. The molecule has 4 nitrogen and oxygen atoms in total. The maximum atomic E-state index is 12.0. The lowest BCUT2D eigenvalue weighted by Gasteiger charge is -2.32. The van der Waals surface area contributed by atoms with Gasteiger partial charge in [0.2, 0.25) is 5.96 Å². The smallest absolute Gasteiger partial charge is 0.255 e. The Bertz CT molecular complexity index is 463. The first-order valence-corrected chi connectivity index (χ1v) is 6.54. The lowest BCUT2D eigenvalue weighted by molar-refractivity contribution is -0.115. The summed E-state index contributed by atoms with van der Waals surface area (Å²) < 4.78 is 0. The molecule has 1 amide bonds. The fourth-order valence-electron chi connectivity index (χ4n) is 2.56. The first kappa shape index (κ1) is 11.3. The summed E-state index contributed by atoms with van der Waals surface area (Å²) in [7, 11) is 0. The van der Waals surface area contributed by atoms with Crippen LogP contribution in [-0.4, -0.2) is 36.4 Å². The highest BCUT2D eigenvalue weighted by molar-refractivity contribution is 6.20. The van der Waals surface area contributed by atoms with Crippen LogP contribution in [0, 0.1) is 0 Å². The van der Waals surface area contributed by atoms with Gasteiger partial charge in [0.05, 0.1) is 5.69 Å². The second kappa shape index (κ2) is 4.80. The van der Waals surface area contributed by atoms with Crippen molar-refractivity contribution in [1.29, 1.82) is 0 Å². The SMILES string of the molecule is O=C1CN=C(N2CCCCC2)N1c1ccccc1. The van der Waals surface area contributed by atoms with Crippen molar-refractivity contribution in [2.45, 2.75) is 19.3 Å². The monoisotopic (exact) mass is 243 g/mol. The number of likely N-dealkylation sites (tertiary alicyclic amines) is 1. The van der Waals surface area contributed by atoms with Crippen molar-refractivity contribution in [3.63, 3.8) is 0 Å². The van der Waals surface area contributed by atoms with Crippen molar-refractivity contribution < 1.29 is 4.79 Å². The van der Waals surface area contributed by atoms with E-state index in [2.05, 4.69) is 9.89 Å². The summed E-state index contributed by atoms with van der Waals surface area (Å²) in [6.45, 7) is 2.30. The summed E-state index contributed by atoms with van der Waals surface area (Å²) in [5.74, 6) is 0.910. The van der Waals surface area contributed by atoms with Crippen LogP contribution in [-0.2, 0) is 4.79 Å². The summed E-state index contributed by atoms with van der Waals surface area (Å²) in [4.78, 5) is 20.4. The van der Waals surface area contributed by atoms with E-state index >= 15 is 0 Å². The Kier molecular flexibility index (Phi) is 3.00. The van der Waals surface area contributed by atoms with Gasteiger partial charge in [-0.15, -0.1) is 0 Å². The molecule has 3 rings (SSSR count). The maximum Gasteiger partial charge on any atom is 0.255 e. The Morgan fingerprint density at radius 3 is 2.44 bits per heavy atom. The molecule has 2 heterocycles. The van der Waals surface area contributed by atoms with Gasteiger partial charge in [0.1, 0.15) is 6.54 Å². The molecule has 1 saturated heterocycles. The number of hydrogen-bond donors (Lipinski definition) is 0. The van der Waals surface area contributed by atoms with E-state index in [0.717, 1.165) is 24.7 Å². The number of guanidine groups is 1. The third-order valence-electron chi connectivity index (χ3n) is 3.46. The number of nitrogens with zero attached hydrogens (tertiary/aromatic N) is 3. The van der Waals surface area contributed by atoms with E-state index in [-0.39, 0.29) is 12.5 Å². The van der Waals surface area contributed by atoms with Crippen molar-refractivity contribution in [2.75, 3.05) is 24.5 Å². The Morgan fingerprint density at radius 2 is 1.72 bits per heavy atom. The lowest BCUT2D eigenvalue weighted by Crippen LogP contribution is -2.46. The second-order valence-corrected chi connectivity index (χ2v) is 4.73. The molecule has 0 aromatic heterocycles. The van der Waals surface area contributed by atoms with Crippen LogP contribution in [0.1, 0.15) is 19.3 Å². The topological polar surface area (TPSA) is 35.9 Å². The van der Waals surface area contributed by atoms with Crippen LogP contribution in [0.15, 0.2) is 35.3 Å². The minimum Gasteiger partial charge on any atom is -0.342 e. The fraction of sp³-hybridized carbons (Fsp3) is 0.429. The molecule has 18 heavy (non-hydrogen) atoms. The van der Waals surface area contributed by atoms with Crippen LogP contribution >= 0.6 is 0 Å². The zero-order valence-electron chi connectivity index (χ0n) is 10.4. The lowest BCUT2D eigenvalue weighted by atomic mass is 10.1. The quantitative estimate of drug-likeness (QED) is 0.755. The predicted octanol–water partition coefficient (Wildman–Crippen LogP) is 1.88. The largest absolute Gasteiger partial charge is 0.342 e. The normalized spacial score (nSPS) is 20.2. The number of carbonyl (C=O) groups is 1. The van der Waals surface area contributed by atoms with E-state index in [1.165, 1.54) is 19.3 Å². The molecule has 0 saturated carbocycles. The molecule has 94 valence electrons. The van der Waals surface area contributed by atoms with Gasteiger partial charge in [-0.25, -0.2) is 9.89 Å². The van der Waals surface area contributed by atoms with Crippen LogP contribution in [0.3, 0.4) is 0 Å². The van der Waals surface area contributed by atoms with Crippen molar-refractivity contribution in [1.82, 2.24) is 4.90 Å². The Hall–Kier alpha value is -1.84. The molecule has 0 unspecified atom stereocenters. The molecule has 1 fully saturated rings. The van der Waals surface area contributed by atoms with Gasteiger partial charge in [-0.1, -0.05) is 18.2 Å². The van der Waals surface area contributed by atoms with Crippen molar-refractivity contribution >= 4 is 17.6 Å². The van der Waals surface area contributed by atoms with E-state index in [1.54, 1.807) is 4.90 Å². The molecular formula is C14H17N3O. The molecular weight excluding hydrogens is 226 g/mol. The van der Waals surface area contributed by atoms with Crippen LogP contribution < -0.4 is 4.90 Å². The molecule has 1 aromatic carbocycles. The second-order valence-electron chi connectivity index (χ2n) is 4.73. The van der Waals surface area contributed by atoms with E-state index in [9.17, 15) is 4.79 Å². The highest BCUT2D eigenvalue weighted by Crippen LogP contribution is 2.21. The average Bonchev–Trinajstić information content (AvgIpc) is 2.83. The van der Waals surface area contributed by atoms with Gasteiger partial charge in [0.15, 0.2) is 0 Å². The molecule has 1 aromatic rings. The van der Waals surface area contributed by atoms with E-state index < -0.39 is 0 Å². The predicted molar refractivity (Wildman–Crippen MR) is 71.7 cm³/mol. The van der Waals surface area contributed by atoms with Crippen LogP contribution in [0.5, 0.6) is 0 Å². The van der Waals surface area contributed by atoms with Gasteiger partial charge in [-0.05, 0) is 31.4 Å². The summed E-state index contributed by atoms with van der Waals surface area (Å²) in [5.41, 5.74) is 0.921. The van der Waals surface area contributed by atoms with E-state index in [4.69, 9.17) is 0 Å². The van der Waals surface area contributed by atoms with Gasteiger partial charge < -0.3 is 4.90 Å². The molecule has 0 radical (unpaired) electrons. The molecule has 0 N–H and O–H groups in total. The van der Waals surface area contributed by atoms with Crippen molar-refractivity contribution in [3.8, 4) is 0 Å². The summed E-state index contributed by atoms with van der Waals surface area (Å²) >= 11 is 0. The average molecular weight is 243 g/mol. The van der Waals surface area contributed by atoms with Gasteiger partial charge in [-0.2, -0.15) is 0 Å². The number of carbonyl (C=O) groups excluding carboxylic acids is 1. The zero-order valence-corrected chi connectivity index (χ0v) is 10.4. The molecule has 4 heteroatoms. The Morgan fingerprint density at radius 1 is 1.00 bits per heavy atom. The first-order valence-electron chi connectivity index (χ1n) is 6.54. The number of rotatable bonds is 1. The van der Waals surface area contributed by atoms with Crippen LogP contribution in [0.2, 0.25) is 0 Å². The highest BCUT2D eigenvalue weighted by atomic mass is 16.2. The molecule has 0 spiro atoms. The van der Waals surface area contributed by atoms with Crippen molar-refractivity contribution in [3.05, 3.63) is 30.3 Å². The third-order valence-corrected chi connectivity index (χ3v) is 3.46. The first-order chi connectivity index (χ1) is 8.86. The van der Waals surface area contributed by atoms with Crippen LogP contribution in [0.4, 0.5) is 5.69 Å². The number of aliphatic imine (C=N–C) groups is 1. The number of hydrogen-bond acceptors (Lipinski definition) is 3. The fourth-order valence-corrected chi connectivity index (χ4v) is 2.56. The highest BCUT2D eigenvalue weighted by Gasteiger charge is 2.31. The van der Waals surface area contributed by atoms with Gasteiger partial charge in [-0.3, -0.25) is 4.79 Å². The van der Waals surface area contributed by atoms with E-state index in [0.29, 0.717) is 0 Å². The molecule has 0 atom stereocenters. The molecule has 0 aliphatic carbocycles. The zero-order chi connectivity index (χ0) is 12.4. The van der Waals surface area contributed by atoms with Gasteiger partial charge in [0, 0.05) is 13.1 Å². The van der Waals surface area contributed by atoms with Crippen LogP contribution in [0.25, 0.3) is 0 Å². The Balaban J connectivity index is 1.87. The Labute approximate surface area is 107 Å².